The molecule has 0 aliphatic heterocycles. The second-order valence-corrected chi connectivity index (χ2v) is 11.9. The van der Waals surface area contributed by atoms with Gasteiger partial charge in [0.25, 0.3) is 5.91 Å². The lowest BCUT2D eigenvalue weighted by atomic mass is 10.1. The van der Waals surface area contributed by atoms with Gasteiger partial charge in [-0.15, -0.1) is 0 Å². The number of aryl methyl sites for hydroxylation is 2. The first-order chi connectivity index (χ1) is 21.8. The van der Waals surface area contributed by atoms with Gasteiger partial charge in [0, 0.05) is 53.4 Å². The normalized spacial score (nSPS) is 11.1. The van der Waals surface area contributed by atoms with E-state index in [1.807, 2.05) is 81.7 Å². The highest BCUT2D eigenvalue weighted by Crippen LogP contribution is 2.30. The number of aromatic nitrogens is 1. The summed E-state index contributed by atoms with van der Waals surface area (Å²) in [6.07, 6.45) is 7.28. The summed E-state index contributed by atoms with van der Waals surface area (Å²) in [5, 5.41) is 1.47. The minimum atomic E-state index is -0.352. The second kappa shape index (κ2) is 16.5. The van der Waals surface area contributed by atoms with Gasteiger partial charge >= 0.3 is 0 Å². The van der Waals surface area contributed by atoms with Crippen LogP contribution in [0.5, 0.6) is 17.2 Å². The summed E-state index contributed by atoms with van der Waals surface area (Å²) in [5.74, 6) is 1.59. The molecule has 0 aliphatic carbocycles. The van der Waals surface area contributed by atoms with E-state index in [2.05, 4.69) is 22.0 Å². The van der Waals surface area contributed by atoms with E-state index in [0.717, 1.165) is 35.0 Å². The van der Waals surface area contributed by atoms with Crippen molar-refractivity contribution < 1.29 is 19.0 Å². The standard InChI is InChI=1S/C37H45BrN2O5/c1-6-39(28-19-26(4)18-27(5)20-28)37(42)34-25-40(29-21-31(43-7-2)23-32(22-29)44-8-3)35-24-30(14-15-33(35)36(34)41)45-17-13-11-9-10-12-16-38/h14-15,18-25H,6-13,16-17H2,1-5H3. The first-order valence-corrected chi connectivity index (χ1v) is 17.1. The molecule has 4 rings (SSSR count). The van der Waals surface area contributed by atoms with Crippen molar-refractivity contribution >= 4 is 38.4 Å². The van der Waals surface area contributed by atoms with Crippen molar-refractivity contribution in [3.8, 4) is 22.9 Å². The quantitative estimate of drug-likeness (QED) is 0.0876. The lowest BCUT2D eigenvalue weighted by Crippen LogP contribution is -2.35. The zero-order chi connectivity index (χ0) is 32.3. The van der Waals surface area contributed by atoms with Crippen LogP contribution in [0.4, 0.5) is 5.69 Å². The number of pyridine rings is 1. The fourth-order valence-electron chi connectivity index (χ4n) is 5.57. The van der Waals surface area contributed by atoms with Gasteiger partial charge in [0.15, 0.2) is 0 Å². The molecule has 0 atom stereocenters. The molecule has 0 saturated heterocycles. The number of nitrogens with zero attached hydrogens (tertiary/aromatic N) is 2. The Morgan fingerprint density at radius 3 is 2.04 bits per heavy atom. The average Bonchev–Trinajstić information content (AvgIpc) is 3.01. The average molecular weight is 678 g/mol. The van der Waals surface area contributed by atoms with Crippen LogP contribution in [0.25, 0.3) is 16.6 Å². The summed E-state index contributed by atoms with van der Waals surface area (Å²) < 4.78 is 19.8. The van der Waals surface area contributed by atoms with Gasteiger partial charge in [-0.25, -0.2) is 0 Å². The topological polar surface area (TPSA) is 70.0 Å². The maximum absolute atomic E-state index is 14.2. The lowest BCUT2D eigenvalue weighted by Gasteiger charge is -2.23. The first-order valence-electron chi connectivity index (χ1n) is 16.0. The molecule has 240 valence electrons. The van der Waals surface area contributed by atoms with Gasteiger partial charge in [-0.3, -0.25) is 9.59 Å². The van der Waals surface area contributed by atoms with Crippen LogP contribution in [0.15, 0.2) is 65.6 Å². The third-order valence-electron chi connectivity index (χ3n) is 7.60. The van der Waals surface area contributed by atoms with E-state index in [0.29, 0.717) is 60.2 Å². The van der Waals surface area contributed by atoms with Crippen molar-refractivity contribution in [2.45, 2.75) is 66.7 Å². The number of carbonyl (C=O) groups excluding carboxylic acids is 1. The molecule has 0 bridgehead atoms. The van der Waals surface area contributed by atoms with Crippen LogP contribution >= 0.6 is 15.9 Å². The molecular formula is C37H45BrN2O5. The number of halogens is 1. The predicted molar refractivity (Wildman–Crippen MR) is 188 cm³/mol. The number of unbranched alkanes of at least 4 members (excludes halogenated alkanes) is 4. The molecule has 8 heteroatoms. The third-order valence-corrected chi connectivity index (χ3v) is 8.16. The Kier molecular flexibility index (Phi) is 12.5. The SMILES string of the molecule is CCOc1cc(OCC)cc(-n2cc(C(=O)N(CC)c3cc(C)cc(C)c3)c(=O)c3ccc(OCCCCCCCBr)cc32)c1. The summed E-state index contributed by atoms with van der Waals surface area (Å²) in [4.78, 5) is 29.8. The summed E-state index contributed by atoms with van der Waals surface area (Å²) in [6.45, 7) is 11.8. The van der Waals surface area contributed by atoms with E-state index in [1.54, 1.807) is 17.2 Å². The van der Waals surface area contributed by atoms with Crippen LogP contribution in [-0.2, 0) is 0 Å². The van der Waals surface area contributed by atoms with Crippen molar-refractivity contribution in [3.05, 3.63) is 87.7 Å². The number of carbonyl (C=O) groups is 1. The van der Waals surface area contributed by atoms with Crippen molar-refractivity contribution in [3.63, 3.8) is 0 Å². The minimum absolute atomic E-state index is 0.0837. The summed E-state index contributed by atoms with van der Waals surface area (Å²) in [5.41, 5.74) is 3.97. The molecule has 1 amide bonds. The highest BCUT2D eigenvalue weighted by Gasteiger charge is 2.23. The van der Waals surface area contributed by atoms with Gasteiger partial charge in [-0.1, -0.05) is 41.3 Å². The molecule has 0 saturated carbocycles. The van der Waals surface area contributed by atoms with Crippen LogP contribution < -0.4 is 24.5 Å². The maximum atomic E-state index is 14.2. The molecule has 1 aromatic heterocycles. The van der Waals surface area contributed by atoms with Gasteiger partial charge in [-0.2, -0.15) is 0 Å². The van der Waals surface area contributed by atoms with Crippen LogP contribution in [0.1, 0.15) is 74.4 Å². The first kappa shape index (κ1) is 34.1. The monoisotopic (exact) mass is 676 g/mol. The zero-order valence-electron chi connectivity index (χ0n) is 27.2. The summed E-state index contributed by atoms with van der Waals surface area (Å²) in [7, 11) is 0. The number of fused-ring (bicyclic) bond motifs is 1. The van der Waals surface area contributed by atoms with Crippen molar-refractivity contribution in [1.29, 1.82) is 0 Å². The number of alkyl halides is 1. The van der Waals surface area contributed by atoms with E-state index in [1.165, 1.54) is 19.3 Å². The fraction of sp³-hybridized carbons (Fsp3) is 0.405. The Balaban J connectivity index is 1.82. The van der Waals surface area contributed by atoms with Gasteiger partial charge in [0.2, 0.25) is 5.43 Å². The number of hydrogen-bond acceptors (Lipinski definition) is 5. The van der Waals surface area contributed by atoms with Crippen LogP contribution in [0.3, 0.4) is 0 Å². The highest BCUT2D eigenvalue weighted by atomic mass is 79.9. The highest BCUT2D eigenvalue weighted by molar-refractivity contribution is 9.09. The molecule has 1 heterocycles. The molecule has 0 aliphatic rings. The molecule has 4 aromatic rings. The Hall–Kier alpha value is -3.78. The second-order valence-electron chi connectivity index (χ2n) is 11.2. The minimum Gasteiger partial charge on any atom is -0.494 e. The van der Waals surface area contributed by atoms with Gasteiger partial charge in [-0.05, 0) is 82.9 Å². The molecular weight excluding hydrogens is 632 g/mol. The van der Waals surface area contributed by atoms with Gasteiger partial charge in [0.1, 0.15) is 22.8 Å². The van der Waals surface area contributed by atoms with Crippen molar-refractivity contribution in [2.75, 3.05) is 36.6 Å². The number of anilines is 1. The number of benzene rings is 3. The number of hydrogen-bond donors (Lipinski definition) is 0. The van der Waals surface area contributed by atoms with Crippen LogP contribution in [0.2, 0.25) is 0 Å². The molecule has 7 nitrogen and oxygen atoms in total. The van der Waals surface area contributed by atoms with Crippen LogP contribution in [0, 0.1) is 13.8 Å². The maximum Gasteiger partial charge on any atom is 0.263 e. The van der Waals surface area contributed by atoms with E-state index >= 15 is 0 Å². The van der Waals surface area contributed by atoms with Gasteiger partial charge in [0.05, 0.1) is 31.0 Å². The molecule has 3 aromatic carbocycles. The van der Waals surface area contributed by atoms with E-state index < -0.39 is 0 Å². The van der Waals surface area contributed by atoms with E-state index in [-0.39, 0.29) is 16.9 Å². The Morgan fingerprint density at radius 2 is 1.42 bits per heavy atom. The molecule has 0 fully saturated rings. The fourth-order valence-corrected chi connectivity index (χ4v) is 5.97. The number of amides is 1. The third kappa shape index (κ3) is 8.69. The van der Waals surface area contributed by atoms with Crippen molar-refractivity contribution in [2.24, 2.45) is 0 Å². The lowest BCUT2D eigenvalue weighted by molar-refractivity contribution is 0.0987. The molecule has 0 N–H and O–H groups in total. The number of ether oxygens (including phenoxy) is 3. The predicted octanol–water partition coefficient (Wildman–Crippen LogP) is 8.80. The smallest absolute Gasteiger partial charge is 0.263 e. The summed E-state index contributed by atoms with van der Waals surface area (Å²) in [6, 6.07) is 17.1. The Bertz CT molecular complexity index is 1620. The van der Waals surface area contributed by atoms with Crippen molar-refractivity contribution in [1.82, 2.24) is 4.57 Å². The summed E-state index contributed by atoms with van der Waals surface area (Å²) >= 11 is 3.49. The molecule has 0 spiro atoms. The van der Waals surface area contributed by atoms with E-state index in [4.69, 9.17) is 14.2 Å². The molecule has 0 unspecified atom stereocenters. The Labute approximate surface area is 275 Å². The van der Waals surface area contributed by atoms with E-state index in [9.17, 15) is 9.59 Å². The number of rotatable bonds is 16. The Morgan fingerprint density at radius 1 is 0.778 bits per heavy atom. The van der Waals surface area contributed by atoms with Crippen LogP contribution in [-0.4, -0.2) is 42.2 Å². The van der Waals surface area contributed by atoms with Gasteiger partial charge < -0.3 is 23.7 Å². The zero-order valence-corrected chi connectivity index (χ0v) is 28.7. The largest absolute Gasteiger partial charge is 0.494 e. The molecule has 45 heavy (non-hydrogen) atoms. The molecule has 0 radical (unpaired) electrons.